The lowest BCUT2D eigenvalue weighted by Gasteiger charge is -2.41. The first-order chi connectivity index (χ1) is 20.5. The highest BCUT2D eigenvalue weighted by molar-refractivity contribution is 5.98. The molecule has 0 saturated carbocycles. The van der Waals surface area contributed by atoms with Crippen molar-refractivity contribution in [3.05, 3.63) is 82.5 Å². The molecule has 1 fully saturated rings. The molecular weight excluding hydrogens is 564 g/mol. The van der Waals surface area contributed by atoms with Crippen molar-refractivity contribution in [2.24, 2.45) is 5.73 Å². The van der Waals surface area contributed by atoms with E-state index in [2.05, 4.69) is 5.10 Å². The summed E-state index contributed by atoms with van der Waals surface area (Å²) in [5, 5.41) is 17.0. The van der Waals surface area contributed by atoms with Crippen LogP contribution in [0.3, 0.4) is 0 Å². The number of primary amides is 1. The molecule has 1 saturated heterocycles. The van der Waals surface area contributed by atoms with E-state index in [0.29, 0.717) is 63.9 Å². The van der Waals surface area contributed by atoms with E-state index in [4.69, 9.17) is 19.9 Å². The highest BCUT2D eigenvalue weighted by Gasteiger charge is 2.39. The third kappa shape index (κ3) is 4.91. The number of pyridine rings is 1. The van der Waals surface area contributed by atoms with Gasteiger partial charge in [-0.1, -0.05) is 0 Å². The molecule has 4 heterocycles. The molecule has 6 rings (SSSR count). The first kappa shape index (κ1) is 28.1. The molecule has 2 aliphatic heterocycles. The normalized spacial score (nSPS) is 15.3. The summed E-state index contributed by atoms with van der Waals surface area (Å²) in [5.74, 6) is -2.17. The van der Waals surface area contributed by atoms with Gasteiger partial charge in [-0.2, -0.15) is 9.83 Å². The van der Waals surface area contributed by atoms with Gasteiger partial charge in [0.05, 0.1) is 42.8 Å². The van der Waals surface area contributed by atoms with Crippen LogP contribution in [-0.4, -0.2) is 58.9 Å². The zero-order chi connectivity index (χ0) is 30.6. The van der Waals surface area contributed by atoms with Gasteiger partial charge >= 0.3 is 0 Å². The number of ether oxygens (including phenoxy) is 3. The van der Waals surface area contributed by atoms with Crippen LogP contribution in [0.1, 0.15) is 40.3 Å². The van der Waals surface area contributed by atoms with Gasteiger partial charge in [0.15, 0.2) is 18.1 Å². The van der Waals surface area contributed by atoms with Gasteiger partial charge in [0, 0.05) is 35.4 Å². The Bertz CT molecular complexity index is 1780. The Hall–Kier alpha value is -5.04. The van der Waals surface area contributed by atoms with E-state index in [1.165, 1.54) is 24.1 Å². The number of hydrogen-bond acceptors (Lipinski definition) is 7. The first-order valence-corrected chi connectivity index (χ1v) is 13.3. The highest BCUT2D eigenvalue weighted by Crippen LogP contribution is 2.46. The van der Waals surface area contributed by atoms with E-state index < -0.39 is 23.1 Å². The molecule has 2 aliphatic rings. The molecule has 0 aliphatic carbocycles. The first-order valence-electron chi connectivity index (χ1n) is 13.3. The van der Waals surface area contributed by atoms with Crippen molar-refractivity contribution in [3.63, 3.8) is 0 Å². The van der Waals surface area contributed by atoms with E-state index in [9.17, 15) is 23.6 Å². The number of aromatic nitrogens is 3. The van der Waals surface area contributed by atoms with Crippen LogP contribution in [0.25, 0.3) is 28.1 Å². The maximum atomic E-state index is 14.4. The standard InChI is InChI=1S/C30H27F2N5O6/c1-30(2)15-42-5-4-36(30)29(39)26-23-14-43-25-11-24(41-3)21(16-6-17(28(33)38)13-35(40)12-16)10-22(25)27(23)37(34-26)20-8-18(31)7-19(32)9-20/h6-13H,4-5,14-15H2,1-3H3,(H2,33,38). The third-order valence-corrected chi connectivity index (χ3v) is 7.54. The Balaban J connectivity index is 1.60. The smallest absolute Gasteiger partial charge is 0.275 e. The summed E-state index contributed by atoms with van der Waals surface area (Å²) in [6.45, 7) is 4.69. The number of morpholine rings is 1. The molecule has 4 aromatic rings. The Morgan fingerprint density at radius 2 is 1.84 bits per heavy atom. The number of carbonyl (C=O) groups is 2. The number of rotatable bonds is 5. The van der Waals surface area contributed by atoms with Crippen LogP contribution in [0, 0.1) is 16.8 Å². The van der Waals surface area contributed by atoms with Gasteiger partial charge in [-0.15, -0.1) is 0 Å². The zero-order valence-corrected chi connectivity index (χ0v) is 23.5. The minimum absolute atomic E-state index is 0.0227. The van der Waals surface area contributed by atoms with E-state index in [-0.39, 0.29) is 29.5 Å². The Morgan fingerprint density at radius 3 is 2.51 bits per heavy atom. The molecule has 11 nitrogen and oxygen atoms in total. The van der Waals surface area contributed by atoms with Crippen LogP contribution < -0.4 is 19.9 Å². The molecule has 0 atom stereocenters. The quantitative estimate of drug-likeness (QED) is 0.278. The maximum Gasteiger partial charge on any atom is 0.275 e. The van der Waals surface area contributed by atoms with Crippen molar-refractivity contribution in [2.45, 2.75) is 26.0 Å². The monoisotopic (exact) mass is 591 g/mol. The summed E-state index contributed by atoms with van der Waals surface area (Å²) in [6.07, 6.45) is 2.30. The number of amides is 2. The Labute approximate surface area is 244 Å². The number of nitrogens with two attached hydrogens (primary N) is 1. The average Bonchev–Trinajstić information content (AvgIpc) is 3.35. The van der Waals surface area contributed by atoms with Gasteiger partial charge in [0.1, 0.15) is 35.3 Å². The number of nitrogens with zero attached hydrogens (tertiary/aromatic N) is 4. The van der Waals surface area contributed by atoms with Gasteiger partial charge in [-0.25, -0.2) is 13.5 Å². The predicted octanol–water partition coefficient (Wildman–Crippen LogP) is 3.37. The van der Waals surface area contributed by atoms with E-state index in [0.717, 1.165) is 24.4 Å². The molecule has 43 heavy (non-hydrogen) atoms. The molecule has 2 N–H and O–H groups in total. The lowest BCUT2D eigenvalue weighted by atomic mass is 9.95. The Kier molecular flexibility index (Phi) is 6.76. The topological polar surface area (TPSA) is 136 Å². The number of carbonyl (C=O) groups excluding carboxylic acids is 2. The number of methoxy groups -OCH3 is 1. The highest BCUT2D eigenvalue weighted by atomic mass is 19.1. The molecule has 0 spiro atoms. The second-order valence-electron chi connectivity index (χ2n) is 10.9. The number of halogens is 2. The summed E-state index contributed by atoms with van der Waals surface area (Å²) < 4.78 is 47.9. The minimum atomic E-state index is -0.826. The second kappa shape index (κ2) is 10.3. The largest absolute Gasteiger partial charge is 0.619 e. The van der Waals surface area contributed by atoms with Gasteiger partial charge in [-0.3, -0.25) is 9.59 Å². The number of benzene rings is 2. The lowest BCUT2D eigenvalue weighted by Crippen LogP contribution is -2.55. The summed E-state index contributed by atoms with van der Waals surface area (Å²) in [5.41, 5.74) is 6.78. The summed E-state index contributed by atoms with van der Waals surface area (Å²) >= 11 is 0. The molecule has 2 amide bonds. The van der Waals surface area contributed by atoms with Crippen LogP contribution >= 0.6 is 0 Å². The fourth-order valence-corrected chi connectivity index (χ4v) is 5.49. The second-order valence-corrected chi connectivity index (χ2v) is 10.9. The van der Waals surface area contributed by atoms with Crippen LogP contribution in [0.2, 0.25) is 0 Å². The zero-order valence-electron chi connectivity index (χ0n) is 23.5. The third-order valence-electron chi connectivity index (χ3n) is 7.54. The number of hydrogen-bond donors (Lipinski definition) is 1. The van der Waals surface area contributed by atoms with Gasteiger partial charge < -0.3 is 30.1 Å². The molecule has 2 aromatic carbocycles. The molecule has 0 bridgehead atoms. The molecule has 222 valence electrons. The summed E-state index contributed by atoms with van der Waals surface area (Å²) in [7, 11) is 1.43. The van der Waals surface area contributed by atoms with Crippen LogP contribution in [-0.2, 0) is 11.3 Å². The van der Waals surface area contributed by atoms with Gasteiger partial charge in [0.25, 0.3) is 11.8 Å². The number of fused-ring (bicyclic) bond motifs is 3. The van der Waals surface area contributed by atoms with Crippen molar-refractivity contribution < 1.29 is 37.3 Å². The van der Waals surface area contributed by atoms with Crippen molar-refractivity contribution >= 4 is 11.8 Å². The maximum absolute atomic E-state index is 14.4. The van der Waals surface area contributed by atoms with E-state index in [1.807, 2.05) is 13.8 Å². The van der Waals surface area contributed by atoms with E-state index >= 15 is 0 Å². The van der Waals surface area contributed by atoms with Gasteiger partial charge in [0.2, 0.25) is 0 Å². The van der Waals surface area contributed by atoms with Crippen molar-refractivity contribution in [1.82, 2.24) is 14.7 Å². The lowest BCUT2D eigenvalue weighted by molar-refractivity contribution is -0.604. The average molecular weight is 592 g/mol. The minimum Gasteiger partial charge on any atom is -0.619 e. The van der Waals surface area contributed by atoms with Crippen LogP contribution in [0.15, 0.2) is 48.8 Å². The van der Waals surface area contributed by atoms with Crippen LogP contribution in [0.5, 0.6) is 11.5 Å². The van der Waals surface area contributed by atoms with Crippen molar-refractivity contribution in [2.75, 3.05) is 26.9 Å². The molecule has 0 radical (unpaired) electrons. The van der Waals surface area contributed by atoms with Gasteiger partial charge in [-0.05, 0) is 38.1 Å². The van der Waals surface area contributed by atoms with Crippen molar-refractivity contribution in [1.29, 1.82) is 0 Å². The fraction of sp³-hybridized carbons (Fsp3) is 0.267. The van der Waals surface area contributed by atoms with Crippen molar-refractivity contribution in [3.8, 4) is 39.6 Å². The summed E-state index contributed by atoms with van der Waals surface area (Å²) in [6, 6.07) is 7.65. The fourth-order valence-electron chi connectivity index (χ4n) is 5.49. The molecular formula is C30H27F2N5O6. The molecule has 13 heteroatoms. The molecule has 2 aromatic heterocycles. The van der Waals surface area contributed by atoms with E-state index in [1.54, 1.807) is 17.0 Å². The Morgan fingerprint density at radius 1 is 1.09 bits per heavy atom. The predicted molar refractivity (Wildman–Crippen MR) is 149 cm³/mol. The summed E-state index contributed by atoms with van der Waals surface area (Å²) in [4.78, 5) is 27.5. The molecule has 0 unspecified atom stereocenters. The SMILES string of the molecule is COc1cc2c(cc1-c1cc(C(N)=O)c[n+]([O-])c1)-c1c(c(C(=O)N3CCOCC3(C)C)nn1-c1cc(F)cc(F)c1)CO2. The van der Waals surface area contributed by atoms with Crippen LogP contribution in [0.4, 0.5) is 8.78 Å².